The van der Waals surface area contributed by atoms with Gasteiger partial charge in [0.25, 0.3) is 11.4 Å². The van der Waals surface area contributed by atoms with E-state index in [0.717, 1.165) is 6.20 Å². The van der Waals surface area contributed by atoms with Gasteiger partial charge in [-0.3, -0.25) is 25.2 Å². The fraction of sp³-hybridized carbons (Fsp3) is 0.286. The molecule has 2 aromatic rings. The van der Waals surface area contributed by atoms with Crippen molar-refractivity contribution in [1.29, 1.82) is 0 Å². The number of hydrogen-bond donors (Lipinski definition) is 0. The Labute approximate surface area is 132 Å². The number of rotatable bonds is 2. The summed E-state index contributed by atoms with van der Waals surface area (Å²) in [4.78, 5) is 23.8. The zero-order valence-electron chi connectivity index (χ0n) is 13.1. The number of hydrogen-bond acceptors (Lipinski definition) is 6. The molecule has 0 aliphatic carbocycles. The summed E-state index contributed by atoms with van der Waals surface area (Å²) < 4.78 is 0.613. The van der Waals surface area contributed by atoms with Crippen LogP contribution < -0.4 is 4.73 Å². The highest BCUT2D eigenvalue weighted by molar-refractivity contribution is 5.40. The van der Waals surface area contributed by atoms with Gasteiger partial charge < -0.3 is 5.21 Å². The summed E-state index contributed by atoms with van der Waals surface area (Å²) in [5, 5.41) is 31.6. The van der Waals surface area contributed by atoms with Crippen LogP contribution in [0, 0.1) is 53.1 Å². The first-order valence-corrected chi connectivity index (χ1v) is 6.57. The molecule has 2 rings (SSSR count). The first-order valence-electron chi connectivity index (χ1n) is 6.57. The molecule has 0 aliphatic heterocycles. The normalized spacial score (nSPS) is 9.74. The molecule has 2 heterocycles. The molecule has 0 saturated heterocycles. The van der Waals surface area contributed by atoms with E-state index in [2.05, 4.69) is 4.98 Å². The van der Waals surface area contributed by atoms with Gasteiger partial charge in [-0.25, -0.2) is 0 Å². The first-order chi connectivity index (χ1) is 10.7. The lowest BCUT2D eigenvalue weighted by Gasteiger charge is -2.02. The molecule has 9 nitrogen and oxygen atoms in total. The van der Waals surface area contributed by atoms with Gasteiger partial charge in [-0.2, -0.15) is 4.73 Å². The highest BCUT2D eigenvalue weighted by Crippen LogP contribution is 2.18. The summed E-state index contributed by atoms with van der Waals surface area (Å²) in [6.45, 7) is 6.56. The smallest absolute Gasteiger partial charge is 0.284 e. The minimum absolute atomic E-state index is 0.0143. The van der Waals surface area contributed by atoms with Crippen molar-refractivity contribution in [2.24, 2.45) is 0 Å². The Hall–Kier alpha value is -3.10. The van der Waals surface area contributed by atoms with Crippen LogP contribution in [-0.2, 0) is 0 Å². The van der Waals surface area contributed by atoms with Crippen molar-refractivity contribution in [2.45, 2.75) is 27.7 Å². The molecule has 0 aliphatic rings. The molecule has 0 unspecified atom stereocenters. The maximum atomic E-state index is 10.9. The lowest BCUT2D eigenvalue weighted by molar-refractivity contribution is -0.613. The monoisotopic (exact) mass is 320 g/mol. The van der Waals surface area contributed by atoms with Gasteiger partial charge in [0.1, 0.15) is 0 Å². The zero-order chi connectivity index (χ0) is 17.7. The third-order valence-electron chi connectivity index (χ3n) is 3.45. The van der Waals surface area contributed by atoms with E-state index in [4.69, 9.17) is 0 Å². The lowest BCUT2D eigenvalue weighted by Crippen LogP contribution is -2.30. The molecule has 0 aromatic carbocycles. The Balaban J connectivity index is 0.000000231. The van der Waals surface area contributed by atoms with E-state index in [1.807, 2.05) is 0 Å². The highest BCUT2D eigenvalue weighted by Gasteiger charge is 2.17. The van der Waals surface area contributed by atoms with Crippen LogP contribution >= 0.6 is 0 Å². The van der Waals surface area contributed by atoms with Crippen LogP contribution in [0.2, 0.25) is 0 Å². The molecule has 0 saturated carbocycles. The summed E-state index contributed by atoms with van der Waals surface area (Å²) in [7, 11) is 0. The van der Waals surface area contributed by atoms with Crippen LogP contribution in [0.25, 0.3) is 0 Å². The summed E-state index contributed by atoms with van der Waals surface area (Å²) in [5.41, 5.74) is 2.25. The quantitative estimate of drug-likeness (QED) is 0.362. The van der Waals surface area contributed by atoms with E-state index in [1.54, 1.807) is 27.7 Å². The van der Waals surface area contributed by atoms with Crippen molar-refractivity contribution in [3.8, 4) is 0 Å². The second kappa shape index (κ2) is 7.25. The number of nitro groups is 2. The number of nitrogens with zero attached hydrogens (tertiary/aromatic N) is 4. The fourth-order valence-electron chi connectivity index (χ4n) is 1.75. The average molecular weight is 320 g/mol. The van der Waals surface area contributed by atoms with Crippen LogP contribution in [-0.4, -0.2) is 14.8 Å². The van der Waals surface area contributed by atoms with Gasteiger partial charge >= 0.3 is 0 Å². The molecular weight excluding hydrogens is 304 g/mol. The Bertz CT molecular complexity index is 761. The van der Waals surface area contributed by atoms with E-state index in [0.29, 0.717) is 27.2 Å². The predicted octanol–water partition coefficient (Wildman–Crippen LogP) is 2.45. The molecule has 122 valence electrons. The molecule has 0 bridgehead atoms. The molecular formula is C14H16N4O5. The van der Waals surface area contributed by atoms with Gasteiger partial charge in [0, 0.05) is 30.4 Å². The van der Waals surface area contributed by atoms with Gasteiger partial charge in [0.15, 0.2) is 11.9 Å². The van der Waals surface area contributed by atoms with Crippen LogP contribution in [0.4, 0.5) is 11.4 Å². The summed E-state index contributed by atoms with van der Waals surface area (Å²) in [5.74, 6) is 0. The van der Waals surface area contributed by atoms with Gasteiger partial charge in [0.05, 0.1) is 21.5 Å². The second-order valence-corrected chi connectivity index (χ2v) is 4.79. The second-order valence-electron chi connectivity index (χ2n) is 4.79. The molecule has 9 heteroatoms. The average Bonchev–Trinajstić information content (AvgIpc) is 2.47. The number of aromatic nitrogens is 2. The van der Waals surface area contributed by atoms with Crippen LogP contribution in [0.15, 0.2) is 24.5 Å². The Kier molecular flexibility index (Phi) is 5.66. The Morgan fingerprint density at radius 2 is 1.48 bits per heavy atom. The van der Waals surface area contributed by atoms with Crippen LogP contribution in [0.3, 0.4) is 0 Å². The number of aryl methyl sites for hydroxylation is 1. The molecule has 0 spiro atoms. The number of pyridine rings is 2. The Morgan fingerprint density at radius 3 is 1.96 bits per heavy atom. The highest BCUT2D eigenvalue weighted by atomic mass is 16.6. The Morgan fingerprint density at radius 1 is 0.957 bits per heavy atom. The minimum atomic E-state index is -0.498. The maximum absolute atomic E-state index is 10.9. The predicted molar refractivity (Wildman–Crippen MR) is 81.9 cm³/mol. The third-order valence-corrected chi connectivity index (χ3v) is 3.45. The molecule has 0 amide bonds. The van der Waals surface area contributed by atoms with Gasteiger partial charge in [-0.15, -0.1) is 0 Å². The topological polar surface area (TPSA) is 126 Å². The van der Waals surface area contributed by atoms with Crippen molar-refractivity contribution in [2.75, 3.05) is 0 Å². The maximum Gasteiger partial charge on any atom is 0.284 e. The SMILES string of the molecule is Cc1c([N+](=O)[O-])cc[n+]([O-])c1C.Cc1nccc([N+](=O)[O-])c1C. The summed E-state index contributed by atoms with van der Waals surface area (Å²) in [6, 6.07) is 2.61. The van der Waals surface area contributed by atoms with Crippen molar-refractivity contribution in [3.63, 3.8) is 0 Å². The van der Waals surface area contributed by atoms with Crippen molar-refractivity contribution >= 4 is 11.4 Å². The van der Waals surface area contributed by atoms with Crippen LogP contribution in [0.1, 0.15) is 22.5 Å². The molecule has 2 aromatic heterocycles. The van der Waals surface area contributed by atoms with E-state index >= 15 is 0 Å². The van der Waals surface area contributed by atoms with E-state index in [1.165, 1.54) is 18.3 Å². The third kappa shape index (κ3) is 4.19. The van der Waals surface area contributed by atoms with Crippen molar-refractivity contribution in [3.05, 3.63) is 72.5 Å². The largest absolute Gasteiger partial charge is 0.618 e. The summed E-state index contributed by atoms with van der Waals surface area (Å²) >= 11 is 0. The fourth-order valence-corrected chi connectivity index (χ4v) is 1.75. The molecule has 0 atom stereocenters. The van der Waals surface area contributed by atoms with E-state index in [9.17, 15) is 25.4 Å². The summed E-state index contributed by atoms with van der Waals surface area (Å²) in [6.07, 6.45) is 2.58. The zero-order valence-corrected chi connectivity index (χ0v) is 13.1. The molecule has 0 fully saturated rings. The van der Waals surface area contributed by atoms with Gasteiger partial charge in [-0.05, 0) is 20.8 Å². The standard InChI is InChI=1S/C7H8N2O3.C7H8N2O2/c1-5-6(2)8(10)4-3-7(5)9(11)12;1-5-6(2)8-4-3-7(5)9(10)11/h3-4H,1-2H3;3-4H,1-2H3. The van der Waals surface area contributed by atoms with E-state index in [-0.39, 0.29) is 11.4 Å². The van der Waals surface area contributed by atoms with Gasteiger partial charge in [-0.1, -0.05) is 0 Å². The molecule has 0 N–H and O–H groups in total. The van der Waals surface area contributed by atoms with Gasteiger partial charge in [0.2, 0.25) is 0 Å². The van der Waals surface area contributed by atoms with E-state index < -0.39 is 9.85 Å². The van der Waals surface area contributed by atoms with Crippen LogP contribution in [0.5, 0.6) is 0 Å². The van der Waals surface area contributed by atoms with Crippen molar-refractivity contribution < 1.29 is 14.6 Å². The lowest BCUT2D eigenvalue weighted by atomic mass is 10.2. The minimum Gasteiger partial charge on any atom is -0.618 e. The van der Waals surface area contributed by atoms with Crippen molar-refractivity contribution in [1.82, 2.24) is 4.98 Å². The molecule has 0 radical (unpaired) electrons. The molecule has 23 heavy (non-hydrogen) atoms. The first kappa shape index (κ1) is 18.0.